The number of hydrogen-bond acceptors (Lipinski definition) is 3. The summed E-state index contributed by atoms with van der Waals surface area (Å²) in [5.41, 5.74) is 1.19. The second kappa shape index (κ2) is 5.75. The maximum atomic E-state index is 8.80. The van der Waals surface area contributed by atoms with Crippen molar-refractivity contribution in [2.24, 2.45) is 0 Å². The van der Waals surface area contributed by atoms with Crippen molar-refractivity contribution in [2.75, 3.05) is 31.2 Å². The van der Waals surface area contributed by atoms with Gasteiger partial charge in [-0.3, -0.25) is 0 Å². The van der Waals surface area contributed by atoms with E-state index in [2.05, 4.69) is 11.0 Å². The largest absolute Gasteiger partial charge is 0.491 e. The highest BCUT2D eigenvalue weighted by Crippen LogP contribution is 2.30. The predicted molar refractivity (Wildman–Crippen MR) is 65.1 cm³/mol. The molecule has 0 spiro atoms. The number of fused-ring (bicyclic) bond motifs is 1. The Hall–Kier alpha value is -1.22. The first-order valence-electron chi connectivity index (χ1n) is 5.99. The van der Waals surface area contributed by atoms with Crippen molar-refractivity contribution in [2.45, 2.75) is 19.3 Å². The summed E-state index contributed by atoms with van der Waals surface area (Å²) in [5.74, 6) is 0.990. The normalized spacial score (nSPS) is 15.2. The van der Waals surface area contributed by atoms with Gasteiger partial charge in [-0.2, -0.15) is 0 Å². The Morgan fingerprint density at radius 3 is 3.00 bits per heavy atom. The average Bonchev–Trinajstić information content (AvgIpc) is 2.52. The van der Waals surface area contributed by atoms with Gasteiger partial charge in [-0.15, -0.1) is 0 Å². The van der Waals surface area contributed by atoms with E-state index >= 15 is 0 Å². The minimum absolute atomic E-state index is 0.284. The van der Waals surface area contributed by atoms with Gasteiger partial charge in [-0.25, -0.2) is 0 Å². The zero-order chi connectivity index (χ0) is 11.2. The molecule has 0 saturated carbocycles. The number of hydrogen-bond donors (Lipinski definition) is 1. The monoisotopic (exact) mass is 221 g/mol. The molecule has 3 heteroatoms. The predicted octanol–water partition coefficient (Wildman–Crippen LogP) is 2.05. The van der Waals surface area contributed by atoms with Crippen molar-refractivity contribution >= 4 is 5.69 Å². The number of aliphatic hydroxyl groups excluding tert-OH is 1. The smallest absolute Gasteiger partial charge is 0.142 e. The fourth-order valence-corrected chi connectivity index (χ4v) is 2.05. The fraction of sp³-hybridized carbons (Fsp3) is 0.538. The number of nitrogens with zero attached hydrogens (tertiary/aromatic N) is 1. The van der Waals surface area contributed by atoms with E-state index in [9.17, 15) is 0 Å². The number of rotatable bonds is 4. The van der Waals surface area contributed by atoms with Crippen LogP contribution in [-0.2, 0) is 0 Å². The standard InChI is InChI=1S/C13H19NO2/c15-10-4-3-8-14-9-5-11-16-13-7-2-1-6-12(13)14/h1-2,6-7,15H,3-5,8-11H2. The second-order valence-electron chi connectivity index (χ2n) is 4.09. The van der Waals surface area contributed by atoms with Crippen LogP contribution in [0.5, 0.6) is 5.75 Å². The number of benzene rings is 1. The average molecular weight is 221 g/mol. The minimum atomic E-state index is 0.284. The van der Waals surface area contributed by atoms with Gasteiger partial charge >= 0.3 is 0 Å². The van der Waals surface area contributed by atoms with Crippen molar-refractivity contribution in [3.63, 3.8) is 0 Å². The molecule has 1 heterocycles. The first kappa shape index (κ1) is 11.3. The molecule has 0 aliphatic carbocycles. The van der Waals surface area contributed by atoms with E-state index in [1.807, 2.05) is 18.2 Å². The third-order valence-corrected chi connectivity index (χ3v) is 2.87. The lowest BCUT2D eigenvalue weighted by Gasteiger charge is -2.23. The van der Waals surface area contributed by atoms with Crippen LogP contribution in [0.15, 0.2) is 24.3 Å². The Labute approximate surface area is 96.6 Å². The van der Waals surface area contributed by atoms with Gasteiger partial charge in [0.15, 0.2) is 0 Å². The van der Waals surface area contributed by atoms with Crippen molar-refractivity contribution in [3.05, 3.63) is 24.3 Å². The number of unbranched alkanes of at least 4 members (excludes halogenated alkanes) is 1. The first-order valence-corrected chi connectivity index (χ1v) is 5.99. The molecule has 0 fully saturated rings. The molecule has 1 aromatic carbocycles. The summed E-state index contributed by atoms with van der Waals surface area (Å²) >= 11 is 0. The summed E-state index contributed by atoms with van der Waals surface area (Å²) in [4.78, 5) is 2.36. The van der Waals surface area contributed by atoms with Crippen LogP contribution in [0.4, 0.5) is 5.69 Å². The third kappa shape index (κ3) is 2.67. The summed E-state index contributed by atoms with van der Waals surface area (Å²) in [6, 6.07) is 8.20. The Bertz CT molecular complexity index is 327. The molecule has 0 amide bonds. The number of aliphatic hydroxyl groups is 1. The Morgan fingerprint density at radius 1 is 1.25 bits per heavy atom. The van der Waals surface area contributed by atoms with Gasteiger partial charge in [0.2, 0.25) is 0 Å². The van der Waals surface area contributed by atoms with Gasteiger partial charge in [0, 0.05) is 19.7 Å². The molecule has 3 nitrogen and oxygen atoms in total. The van der Waals surface area contributed by atoms with E-state index < -0.39 is 0 Å². The highest BCUT2D eigenvalue weighted by atomic mass is 16.5. The van der Waals surface area contributed by atoms with Gasteiger partial charge in [0.1, 0.15) is 5.75 Å². The Morgan fingerprint density at radius 2 is 2.12 bits per heavy atom. The van der Waals surface area contributed by atoms with Crippen LogP contribution in [0.1, 0.15) is 19.3 Å². The van der Waals surface area contributed by atoms with E-state index in [0.717, 1.165) is 44.7 Å². The van der Waals surface area contributed by atoms with Crippen molar-refractivity contribution < 1.29 is 9.84 Å². The molecule has 0 saturated heterocycles. The molecule has 1 aliphatic heterocycles. The van der Waals surface area contributed by atoms with E-state index in [0.29, 0.717) is 0 Å². The number of anilines is 1. The van der Waals surface area contributed by atoms with Gasteiger partial charge in [-0.05, 0) is 31.4 Å². The van der Waals surface area contributed by atoms with Gasteiger partial charge in [-0.1, -0.05) is 12.1 Å². The van der Waals surface area contributed by atoms with E-state index in [1.54, 1.807) is 0 Å². The van der Waals surface area contributed by atoms with Crippen LogP contribution in [0, 0.1) is 0 Å². The summed E-state index contributed by atoms with van der Waals surface area (Å²) in [6.45, 7) is 3.13. The number of ether oxygens (including phenoxy) is 1. The molecule has 0 radical (unpaired) electrons. The quantitative estimate of drug-likeness (QED) is 0.790. The van der Waals surface area contributed by atoms with Gasteiger partial charge in [0.05, 0.1) is 12.3 Å². The SMILES string of the molecule is OCCCCN1CCCOc2ccccc21. The highest BCUT2D eigenvalue weighted by Gasteiger charge is 2.14. The lowest BCUT2D eigenvalue weighted by molar-refractivity contribution is 0.285. The molecule has 0 atom stereocenters. The molecule has 0 bridgehead atoms. The summed E-state index contributed by atoms with van der Waals surface area (Å²) in [7, 11) is 0. The molecular weight excluding hydrogens is 202 g/mol. The lowest BCUT2D eigenvalue weighted by Crippen LogP contribution is -2.25. The molecule has 16 heavy (non-hydrogen) atoms. The Balaban J connectivity index is 2.06. The summed E-state index contributed by atoms with van der Waals surface area (Å²) in [6.07, 6.45) is 2.97. The first-order chi connectivity index (χ1) is 7.92. The molecule has 0 aromatic heterocycles. The van der Waals surface area contributed by atoms with Crippen LogP contribution in [0.2, 0.25) is 0 Å². The van der Waals surface area contributed by atoms with Gasteiger partial charge < -0.3 is 14.7 Å². The topological polar surface area (TPSA) is 32.7 Å². The Kier molecular flexibility index (Phi) is 4.05. The highest BCUT2D eigenvalue weighted by molar-refractivity contribution is 5.58. The second-order valence-corrected chi connectivity index (χ2v) is 4.09. The summed E-state index contributed by atoms with van der Waals surface area (Å²) < 4.78 is 5.69. The minimum Gasteiger partial charge on any atom is -0.491 e. The van der Waals surface area contributed by atoms with E-state index in [-0.39, 0.29) is 6.61 Å². The molecule has 1 aliphatic rings. The van der Waals surface area contributed by atoms with Crippen molar-refractivity contribution in [1.29, 1.82) is 0 Å². The summed E-state index contributed by atoms with van der Waals surface area (Å²) in [5, 5.41) is 8.80. The van der Waals surface area contributed by atoms with Crippen LogP contribution in [-0.4, -0.2) is 31.4 Å². The van der Waals surface area contributed by atoms with Crippen molar-refractivity contribution in [3.8, 4) is 5.75 Å². The van der Waals surface area contributed by atoms with Crippen LogP contribution in [0.3, 0.4) is 0 Å². The zero-order valence-electron chi connectivity index (χ0n) is 9.56. The molecule has 1 aromatic rings. The van der Waals surface area contributed by atoms with E-state index in [4.69, 9.17) is 9.84 Å². The maximum absolute atomic E-state index is 8.80. The number of para-hydroxylation sites is 2. The van der Waals surface area contributed by atoms with Crippen molar-refractivity contribution in [1.82, 2.24) is 0 Å². The molecule has 88 valence electrons. The lowest BCUT2D eigenvalue weighted by atomic mass is 10.2. The molecule has 0 unspecified atom stereocenters. The maximum Gasteiger partial charge on any atom is 0.142 e. The third-order valence-electron chi connectivity index (χ3n) is 2.87. The van der Waals surface area contributed by atoms with Crippen LogP contribution in [0.25, 0.3) is 0 Å². The van der Waals surface area contributed by atoms with E-state index in [1.165, 1.54) is 5.69 Å². The zero-order valence-corrected chi connectivity index (χ0v) is 9.56. The van der Waals surface area contributed by atoms with Gasteiger partial charge in [0.25, 0.3) is 0 Å². The molecule has 2 rings (SSSR count). The molecular formula is C13H19NO2. The van der Waals surface area contributed by atoms with Crippen LogP contribution >= 0.6 is 0 Å². The molecule has 1 N–H and O–H groups in total. The van der Waals surface area contributed by atoms with Crippen LogP contribution < -0.4 is 9.64 Å². The fourth-order valence-electron chi connectivity index (χ4n) is 2.05.